The molecular formula is C12H21IO3. The number of halogens is 1. The third-order valence-corrected chi connectivity index (χ3v) is 5.95. The molecule has 2 rings (SSSR count). The van der Waals surface area contributed by atoms with Gasteiger partial charge in [-0.3, -0.25) is 0 Å². The molecule has 0 aromatic carbocycles. The third kappa shape index (κ3) is 2.26. The second kappa shape index (κ2) is 4.71. The van der Waals surface area contributed by atoms with Gasteiger partial charge in [0, 0.05) is 23.4 Å². The summed E-state index contributed by atoms with van der Waals surface area (Å²) in [4.78, 5) is 11.3. The lowest BCUT2D eigenvalue weighted by Crippen LogP contribution is -2.44. The van der Waals surface area contributed by atoms with Crippen molar-refractivity contribution >= 4 is 22.6 Å². The van der Waals surface area contributed by atoms with Crippen LogP contribution in [-0.2, 0) is 14.5 Å². The summed E-state index contributed by atoms with van der Waals surface area (Å²) in [6.07, 6.45) is 5.70. The van der Waals surface area contributed by atoms with E-state index < -0.39 is 5.79 Å². The fourth-order valence-electron chi connectivity index (χ4n) is 2.66. The van der Waals surface area contributed by atoms with Crippen molar-refractivity contribution in [2.75, 3.05) is 7.11 Å². The van der Waals surface area contributed by atoms with E-state index in [2.05, 4.69) is 36.4 Å². The van der Waals surface area contributed by atoms with Gasteiger partial charge in [0.05, 0.1) is 0 Å². The molecular weight excluding hydrogens is 319 g/mol. The molecule has 3 atom stereocenters. The van der Waals surface area contributed by atoms with Gasteiger partial charge < -0.3 is 4.74 Å². The van der Waals surface area contributed by atoms with E-state index in [0.717, 1.165) is 12.8 Å². The van der Waals surface area contributed by atoms with Crippen molar-refractivity contribution in [3.05, 3.63) is 0 Å². The van der Waals surface area contributed by atoms with Gasteiger partial charge in [-0.2, -0.15) is 0 Å². The molecule has 1 aliphatic heterocycles. The predicted octanol–water partition coefficient (Wildman–Crippen LogP) is 3.45. The van der Waals surface area contributed by atoms with Crippen molar-refractivity contribution in [1.82, 2.24) is 0 Å². The average Bonchev–Trinajstić information content (AvgIpc) is 2.37. The third-order valence-electron chi connectivity index (χ3n) is 3.94. The summed E-state index contributed by atoms with van der Waals surface area (Å²) >= 11 is 2.48. The molecule has 0 N–H and O–H groups in total. The Morgan fingerprint density at radius 3 is 2.69 bits per heavy atom. The first-order valence-corrected chi connectivity index (χ1v) is 7.31. The zero-order chi connectivity index (χ0) is 11.8. The van der Waals surface area contributed by atoms with Crippen molar-refractivity contribution in [3.8, 4) is 0 Å². The number of hydrogen-bond donors (Lipinski definition) is 0. The van der Waals surface area contributed by atoms with Crippen LogP contribution in [0.25, 0.3) is 0 Å². The molecule has 0 radical (unpaired) electrons. The Balaban J connectivity index is 2.21. The van der Waals surface area contributed by atoms with Crippen molar-refractivity contribution in [2.45, 2.75) is 61.3 Å². The molecule has 1 aliphatic carbocycles. The first-order valence-electron chi connectivity index (χ1n) is 6.06. The first kappa shape index (κ1) is 13.1. The molecule has 16 heavy (non-hydrogen) atoms. The summed E-state index contributed by atoms with van der Waals surface area (Å²) in [5, 5.41) is 0. The monoisotopic (exact) mass is 340 g/mol. The van der Waals surface area contributed by atoms with Crippen molar-refractivity contribution < 1.29 is 14.5 Å². The van der Waals surface area contributed by atoms with E-state index in [1.807, 2.05) is 0 Å². The standard InChI is InChI=1S/C12H21IO3/c1-11(2)10(13)8-9-6-4-5-7-12(9,14-3)16-15-11/h9-10H,4-8H2,1-3H3. The summed E-state index contributed by atoms with van der Waals surface area (Å²) in [7, 11) is 1.74. The maximum absolute atomic E-state index is 5.70. The van der Waals surface area contributed by atoms with Crippen LogP contribution in [0.1, 0.15) is 46.0 Å². The highest BCUT2D eigenvalue weighted by Gasteiger charge is 2.50. The van der Waals surface area contributed by atoms with Crippen LogP contribution in [0.4, 0.5) is 0 Å². The number of methoxy groups -OCH3 is 1. The molecule has 0 spiro atoms. The predicted molar refractivity (Wildman–Crippen MR) is 70.4 cm³/mol. The molecule has 2 aliphatic rings. The van der Waals surface area contributed by atoms with Gasteiger partial charge in [-0.15, -0.1) is 0 Å². The second-order valence-corrected chi connectivity index (χ2v) is 6.94. The molecule has 0 aromatic rings. The summed E-state index contributed by atoms with van der Waals surface area (Å²) in [6.45, 7) is 4.18. The lowest BCUT2D eigenvalue weighted by molar-refractivity contribution is -0.464. The minimum Gasteiger partial charge on any atom is -0.350 e. The maximum atomic E-state index is 5.70. The molecule has 4 heteroatoms. The lowest BCUT2D eigenvalue weighted by Gasteiger charge is -2.39. The van der Waals surface area contributed by atoms with Gasteiger partial charge in [0.25, 0.3) is 0 Å². The highest BCUT2D eigenvalue weighted by Crippen LogP contribution is 2.46. The molecule has 3 unspecified atom stereocenters. The van der Waals surface area contributed by atoms with E-state index in [9.17, 15) is 0 Å². The lowest BCUT2D eigenvalue weighted by atomic mass is 9.79. The molecule has 1 saturated carbocycles. The zero-order valence-electron chi connectivity index (χ0n) is 10.3. The van der Waals surface area contributed by atoms with Gasteiger partial charge in [0.15, 0.2) is 0 Å². The Bertz CT molecular complexity index is 257. The normalized spacial score (nSPS) is 43.5. The average molecular weight is 340 g/mol. The van der Waals surface area contributed by atoms with Gasteiger partial charge in [0.1, 0.15) is 5.60 Å². The topological polar surface area (TPSA) is 27.7 Å². The molecule has 0 amide bonds. The number of hydrogen-bond acceptors (Lipinski definition) is 3. The van der Waals surface area contributed by atoms with Crippen molar-refractivity contribution in [2.24, 2.45) is 5.92 Å². The Morgan fingerprint density at radius 1 is 1.25 bits per heavy atom. The SMILES string of the molecule is COC12CCCCC1CC(I)C(C)(C)OO2. The highest BCUT2D eigenvalue weighted by molar-refractivity contribution is 14.1. The second-order valence-electron chi connectivity index (χ2n) is 5.43. The van der Waals surface area contributed by atoms with Gasteiger partial charge >= 0.3 is 0 Å². The van der Waals surface area contributed by atoms with E-state index in [-0.39, 0.29) is 5.60 Å². The molecule has 1 heterocycles. The van der Waals surface area contributed by atoms with E-state index in [4.69, 9.17) is 14.5 Å². The fraction of sp³-hybridized carbons (Fsp3) is 1.00. The Morgan fingerprint density at radius 2 is 2.00 bits per heavy atom. The molecule has 0 aromatic heterocycles. The molecule has 1 saturated heterocycles. The molecule has 0 bridgehead atoms. The fourth-order valence-corrected chi connectivity index (χ4v) is 3.38. The van der Waals surface area contributed by atoms with E-state index >= 15 is 0 Å². The number of alkyl halides is 1. The first-order chi connectivity index (χ1) is 7.50. The van der Waals surface area contributed by atoms with Crippen LogP contribution in [0.5, 0.6) is 0 Å². The Labute approximate surface area is 111 Å². The summed E-state index contributed by atoms with van der Waals surface area (Å²) in [6, 6.07) is 0. The molecule has 3 nitrogen and oxygen atoms in total. The molecule has 94 valence electrons. The minimum absolute atomic E-state index is 0.233. The largest absolute Gasteiger partial charge is 0.350 e. The summed E-state index contributed by atoms with van der Waals surface area (Å²) in [5.74, 6) is -0.0231. The van der Waals surface area contributed by atoms with Gasteiger partial charge in [-0.05, 0) is 33.1 Å². The van der Waals surface area contributed by atoms with Crippen LogP contribution in [0.15, 0.2) is 0 Å². The van der Waals surface area contributed by atoms with Crippen LogP contribution < -0.4 is 0 Å². The quantitative estimate of drug-likeness (QED) is 0.416. The summed E-state index contributed by atoms with van der Waals surface area (Å²) in [5.41, 5.74) is -0.233. The number of ether oxygens (including phenoxy) is 1. The highest BCUT2D eigenvalue weighted by atomic mass is 127. The number of rotatable bonds is 1. The molecule has 2 fully saturated rings. The van der Waals surface area contributed by atoms with Crippen molar-refractivity contribution in [3.63, 3.8) is 0 Å². The van der Waals surface area contributed by atoms with Crippen LogP contribution in [0, 0.1) is 5.92 Å². The Kier molecular flexibility index (Phi) is 3.84. The minimum atomic E-state index is -0.491. The summed E-state index contributed by atoms with van der Waals surface area (Å²) < 4.78 is 6.12. The smallest absolute Gasteiger partial charge is 0.204 e. The maximum Gasteiger partial charge on any atom is 0.204 e. The van der Waals surface area contributed by atoms with Gasteiger partial charge in [0.2, 0.25) is 5.79 Å². The van der Waals surface area contributed by atoms with Gasteiger partial charge in [-0.25, -0.2) is 9.78 Å². The number of fused-ring (bicyclic) bond motifs is 1. The van der Waals surface area contributed by atoms with Crippen molar-refractivity contribution in [1.29, 1.82) is 0 Å². The Hall–Kier alpha value is 0.610. The van der Waals surface area contributed by atoms with Crippen LogP contribution >= 0.6 is 22.6 Å². The van der Waals surface area contributed by atoms with Crippen LogP contribution in [0.2, 0.25) is 0 Å². The van der Waals surface area contributed by atoms with Crippen LogP contribution in [0.3, 0.4) is 0 Å². The van der Waals surface area contributed by atoms with E-state index in [1.165, 1.54) is 19.3 Å². The van der Waals surface area contributed by atoms with E-state index in [1.54, 1.807) is 7.11 Å². The van der Waals surface area contributed by atoms with Crippen LogP contribution in [-0.4, -0.2) is 22.4 Å². The van der Waals surface area contributed by atoms with Gasteiger partial charge in [-0.1, -0.05) is 29.0 Å². The van der Waals surface area contributed by atoms with E-state index in [0.29, 0.717) is 9.84 Å². The zero-order valence-corrected chi connectivity index (χ0v) is 12.5.